The Hall–Kier alpha value is -2.48. The van der Waals surface area contributed by atoms with Gasteiger partial charge in [0.15, 0.2) is 0 Å². The van der Waals surface area contributed by atoms with E-state index in [-0.39, 0.29) is 34.9 Å². The van der Waals surface area contributed by atoms with Gasteiger partial charge in [0, 0.05) is 13.1 Å². The maximum absolute atomic E-state index is 12.9. The quantitative estimate of drug-likeness (QED) is 0.641. The highest BCUT2D eigenvalue weighted by molar-refractivity contribution is 8.01. The predicted octanol–water partition coefficient (Wildman–Crippen LogP) is 3.38. The lowest BCUT2D eigenvalue weighted by atomic mass is 10.1. The van der Waals surface area contributed by atoms with Crippen LogP contribution in [0.1, 0.15) is 51.1 Å². The highest BCUT2D eigenvalue weighted by Gasteiger charge is 2.22. The SMILES string of the molecule is Cc1c(NC(=O)C(C)SCC(=O)NC2CCCCCC2)c(=O)n(-c2ccccc2)n1C. The molecule has 1 atom stereocenters. The number of carbonyl (C=O) groups is 2. The zero-order valence-corrected chi connectivity index (χ0v) is 19.3. The summed E-state index contributed by atoms with van der Waals surface area (Å²) in [5.74, 6) is -0.0789. The summed E-state index contributed by atoms with van der Waals surface area (Å²) in [5, 5.41) is 5.42. The molecule has 1 aliphatic rings. The fourth-order valence-electron chi connectivity index (χ4n) is 3.91. The number of anilines is 1. The van der Waals surface area contributed by atoms with Crippen molar-refractivity contribution in [3.63, 3.8) is 0 Å². The Morgan fingerprint density at radius 2 is 1.77 bits per heavy atom. The van der Waals surface area contributed by atoms with Crippen molar-refractivity contribution >= 4 is 29.3 Å². The monoisotopic (exact) mass is 444 g/mol. The van der Waals surface area contributed by atoms with Crippen molar-refractivity contribution in [1.82, 2.24) is 14.7 Å². The van der Waals surface area contributed by atoms with Crippen LogP contribution in [0.3, 0.4) is 0 Å². The van der Waals surface area contributed by atoms with Crippen LogP contribution in [-0.2, 0) is 16.6 Å². The van der Waals surface area contributed by atoms with E-state index in [2.05, 4.69) is 10.6 Å². The highest BCUT2D eigenvalue weighted by Crippen LogP contribution is 2.19. The smallest absolute Gasteiger partial charge is 0.295 e. The number of rotatable bonds is 7. The van der Waals surface area contributed by atoms with Crippen molar-refractivity contribution < 1.29 is 9.59 Å². The Balaban J connectivity index is 1.58. The van der Waals surface area contributed by atoms with Gasteiger partial charge in [-0.1, -0.05) is 43.9 Å². The normalized spacial score (nSPS) is 15.8. The molecule has 2 N–H and O–H groups in total. The molecule has 0 saturated heterocycles. The Bertz CT molecular complexity index is 959. The van der Waals surface area contributed by atoms with Crippen LogP contribution in [0.5, 0.6) is 0 Å². The van der Waals surface area contributed by atoms with E-state index in [1.165, 1.54) is 29.3 Å². The fraction of sp³-hybridized carbons (Fsp3) is 0.522. The lowest BCUT2D eigenvalue weighted by molar-refractivity contribution is -0.119. The number of carbonyl (C=O) groups excluding carboxylic acids is 2. The van der Waals surface area contributed by atoms with Gasteiger partial charge < -0.3 is 10.6 Å². The molecule has 8 heteroatoms. The third-order valence-electron chi connectivity index (χ3n) is 5.86. The van der Waals surface area contributed by atoms with E-state index in [1.807, 2.05) is 30.3 Å². The van der Waals surface area contributed by atoms with Gasteiger partial charge in [-0.05, 0) is 38.8 Å². The number of nitrogens with zero attached hydrogens (tertiary/aromatic N) is 2. The minimum atomic E-state index is -0.455. The number of nitrogens with one attached hydrogen (secondary N) is 2. The second-order valence-corrected chi connectivity index (χ2v) is 9.46. The lowest BCUT2D eigenvalue weighted by Gasteiger charge is -2.17. The molecule has 0 spiro atoms. The van der Waals surface area contributed by atoms with Gasteiger partial charge in [-0.3, -0.25) is 19.1 Å². The number of aromatic nitrogens is 2. The molecule has 1 aromatic carbocycles. The van der Waals surface area contributed by atoms with Crippen LogP contribution in [-0.4, -0.2) is 38.2 Å². The zero-order valence-electron chi connectivity index (χ0n) is 18.5. The topological polar surface area (TPSA) is 85.1 Å². The summed E-state index contributed by atoms with van der Waals surface area (Å²) in [6.45, 7) is 3.56. The van der Waals surface area contributed by atoms with E-state index < -0.39 is 5.25 Å². The van der Waals surface area contributed by atoms with Gasteiger partial charge in [0.05, 0.1) is 22.4 Å². The molecule has 1 saturated carbocycles. The molecule has 0 bridgehead atoms. The first-order chi connectivity index (χ1) is 14.9. The molecular formula is C23H32N4O3S. The number of para-hydroxylation sites is 1. The molecule has 168 valence electrons. The van der Waals surface area contributed by atoms with Crippen LogP contribution in [0.25, 0.3) is 5.69 Å². The van der Waals surface area contributed by atoms with Crippen LogP contribution in [0.2, 0.25) is 0 Å². The molecular weight excluding hydrogens is 412 g/mol. The average Bonchev–Trinajstić information content (AvgIpc) is 2.94. The van der Waals surface area contributed by atoms with Gasteiger partial charge in [0.25, 0.3) is 5.56 Å². The molecule has 1 unspecified atom stereocenters. The Labute approximate surface area is 187 Å². The second kappa shape index (κ2) is 10.7. The number of thioether (sulfide) groups is 1. The summed E-state index contributed by atoms with van der Waals surface area (Å²) in [7, 11) is 1.79. The van der Waals surface area contributed by atoms with E-state index in [9.17, 15) is 14.4 Å². The molecule has 1 fully saturated rings. The maximum Gasteiger partial charge on any atom is 0.295 e. The molecule has 0 radical (unpaired) electrons. The molecule has 2 aromatic rings. The van der Waals surface area contributed by atoms with E-state index in [0.717, 1.165) is 31.4 Å². The first-order valence-corrected chi connectivity index (χ1v) is 12.0. The van der Waals surface area contributed by atoms with E-state index in [1.54, 1.807) is 25.6 Å². The molecule has 1 aliphatic carbocycles. The van der Waals surface area contributed by atoms with Gasteiger partial charge in [0.1, 0.15) is 5.69 Å². The number of benzene rings is 1. The van der Waals surface area contributed by atoms with Crippen molar-refractivity contribution in [3.8, 4) is 5.69 Å². The fourth-order valence-corrected chi connectivity index (χ4v) is 4.60. The first-order valence-electron chi connectivity index (χ1n) is 10.9. The van der Waals surface area contributed by atoms with Crippen molar-refractivity contribution in [2.24, 2.45) is 7.05 Å². The third kappa shape index (κ3) is 5.81. The van der Waals surface area contributed by atoms with Gasteiger partial charge >= 0.3 is 0 Å². The number of amides is 2. The van der Waals surface area contributed by atoms with Crippen LogP contribution in [0, 0.1) is 6.92 Å². The molecule has 1 aromatic heterocycles. The van der Waals surface area contributed by atoms with Gasteiger partial charge in [-0.15, -0.1) is 11.8 Å². The predicted molar refractivity (Wildman–Crippen MR) is 126 cm³/mol. The van der Waals surface area contributed by atoms with E-state index >= 15 is 0 Å². The molecule has 3 rings (SSSR count). The third-order valence-corrected chi connectivity index (χ3v) is 7.00. The van der Waals surface area contributed by atoms with Crippen molar-refractivity contribution in [2.45, 2.75) is 63.7 Å². The molecule has 2 amide bonds. The largest absolute Gasteiger partial charge is 0.353 e. The molecule has 7 nitrogen and oxygen atoms in total. The van der Waals surface area contributed by atoms with Crippen molar-refractivity contribution in [2.75, 3.05) is 11.1 Å². The van der Waals surface area contributed by atoms with Gasteiger partial charge in [-0.25, -0.2) is 4.68 Å². The zero-order chi connectivity index (χ0) is 22.4. The van der Waals surface area contributed by atoms with E-state index in [0.29, 0.717) is 5.69 Å². The van der Waals surface area contributed by atoms with Crippen molar-refractivity contribution in [3.05, 3.63) is 46.4 Å². The Morgan fingerprint density at radius 1 is 1.13 bits per heavy atom. The summed E-state index contributed by atoms with van der Waals surface area (Å²) >= 11 is 1.29. The first kappa shape index (κ1) is 23.2. The van der Waals surface area contributed by atoms with Crippen LogP contribution in [0.4, 0.5) is 5.69 Å². The summed E-state index contributed by atoms with van der Waals surface area (Å²) < 4.78 is 3.26. The molecule has 0 aliphatic heterocycles. The second-order valence-electron chi connectivity index (χ2n) is 8.14. The maximum atomic E-state index is 12.9. The Kier molecular flexibility index (Phi) is 8.01. The van der Waals surface area contributed by atoms with Gasteiger partial charge in [-0.2, -0.15) is 0 Å². The summed E-state index contributed by atoms with van der Waals surface area (Å²) in [6.07, 6.45) is 6.87. The van der Waals surface area contributed by atoms with Crippen LogP contribution < -0.4 is 16.2 Å². The minimum Gasteiger partial charge on any atom is -0.353 e. The molecule has 1 heterocycles. The minimum absolute atomic E-state index is 0.0288. The Morgan fingerprint density at radius 3 is 2.42 bits per heavy atom. The lowest BCUT2D eigenvalue weighted by Crippen LogP contribution is -2.36. The standard InChI is InChI=1S/C23H32N4O3S/c1-16-21(23(30)27(26(16)3)19-13-9-6-10-14-19)25-22(29)17(2)31-15-20(28)24-18-11-7-4-5-8-12-18/h6,9-10,13-14,17-18H,4-5,7-8,11-12,15H2,1-3H3,(H,24,28)(H,25,29). The van der Waals surface area contributed by atoms with Crippen molar-refractivity contribution in [1.29, 1.82) is 0 Å². The average molecular weight is 445 g/mol. The number of hydrogen-bond acceptors (Lipinski definition) is 4. The van der Waals surface area contributed by atoms with Gasteiger partial charge in [0.2, 0.25) is 11.8 Å². The van der Waals surface area contributed by atoms with Crippen LogP contribution >= 0.6 is 11.8 Å². The summed E-state index contributed by atoms with van der Waals surface area (Å²) in [4.78, 5) is 37.9. The summed E-state index contributed by atoms with van der Waals surface area (Å²) in [5.41, 5.74) is 1.40. The molecule has 31 heavy (non-hydrogen) atoms. The van der Waals surface area contributed by atoms with Crippen LogP contribution in [0.15, 0.2) is 35.1 Å². The number of hydrogen-bond donors (Lipinski definition) is 2. The highest BCUT2D eigenvalue weighted by atomic mass is 32.2. The van der Waals surface area contributed by atoms with E-state index in [4.69, 9.17) is 0 Å². The summed E-state index contributed by atoms with van der Waals surface area (Å²) in [6, 6.07) is 9.55.